The highest BCUT2D eigenvalue weighted by molar-refractivity contribution is 6.29. The fraction of sp³-hybridized carbons (Fsp3) is 0.231. The van der Waals surface area contributed by atoms with Gasteiger partial charge in [-0.15, -0.1) is 0 Å². The first kappa shape index (κ1) is 25.7. The molecule has 1 aliphatic rings. The smallest absolute Gasteiger partial charge is 0.367 e. The van der Waals surface area contributed by atoms with E-state index in [-0.39, 0.29) is 5.15 Å². The SMILES string of the molecule is O=C(Nc1cc(F)ccc1N1CCN(C/C=C/c2ccc(C(F)(F)F)cc2)CC1)c1ccnc(Cl)c1. The maximum atomic E-state index is 14.0. The maximum absolute atomic E-state index is 14.0. The largest absolute Gasteiger partial charge is 0.416 e. The molecule has 2 aromatic carbocycles. The Morgan fingerprint density at radius 2 is 1.75 bits per heavy atom. The molecule has 3 aromatic rings. The molecular formula is C26H23ClF4N4O. The van der Waals surface area contributed by atoms with Gasteiger partial charge in [-0.2, -0.15) is 13.2 Å². The van der Waals surface area contributed by atoms with Crippen LogP contribution in [0.1, 0.15) is 21.5 Å². The van der Waals surface area contributed by atoms with Gasteiger partial charge in [0, 0.05) is 44.5 Å². The number of alkyl halides is 3. The molecule has 0 atom stereocenters. The third-order valence-electron chi connectivity index (χ3n) is 5.82. The minimum absolute atomic E-state index is 0.186. The maximum Gasteiger partial charge on any atom is 0.416 e. The second-order valence-electron chi connectivity index (χ2n) is 8.29. The molecule has 0 saturated carbocycles. The van der Waals surface area contributed by atoms with Crippen molar-refractivity contribution >= 4 is 35.0 Å². The van der Waals surface area contributed by atoms with Gasteiger partial charge in [0.05, 0.1) is 16.9 Å². The van der Waals surface area contributed by atoms with Crippen LogP contribution in [0.4, 0.5) is 28.9 Å². The molecule has 0 radical (unpaired) electrons. The Hall–Kier alpha value is -3.43. The standard InChI is InChI=1S/C26H23ClF4N4O/c27-24-16-19(9-10-32-24)25(36)33-22-17-21(28)7-8-23(22)35-14-12-34(13-15-35)11-1-2-18-3-5-20(6-4-18)26(29,30)31/h1-10,16-17H,11-15H2,(H,33,36)/b2-1+. The van der Waals surface area contributed by atoms with Crippen LogP contribution < -0.4 is 10.2 Å². The zero-order valence-electron chi connectivity index (χ0n) is 19.1. The average molecular weight is 519 g/mol. The van der Waals surface area contributed by atoms with Crippen molar-refractivity contribution in [3.63, 3.8) is 0 Å². The van der Waals surface area contributed by atoms with Gasteiger partial charge in [0.25, 0.3) is 5.91 Å². The summed E-state index contributed by atoms with van der Waals surface area (Å²) in [6.07, 6.45) is 0.796. The molecule has 0 aliphatic carbocycles. The molecule has 1 aromatic heterocycles. The van der Waals surface area contributed by atoms with Gasteiger partial charge in [-0.1, -0.05) is 35.9 Å². The number of nitrogens with one attached hydrogen (secondary N) is 1. The van der Waals surface area contributed by atoms with Crippen LogP contribution in [-0.2, 0) is 6.18 Å². The monoisotopic (exact) mass is 518 g/mol. The first-order valence-corrected chi connectivity index (χ1v) is 11.6. The lowest BCUT2D eigenvalue weighted by Gasteiger charge is -2.36. The fourth-order valence-corrected chi connectivity index (χ4v) is 4.09. The van der Waals surface area contributed by atoms with Gasteiger partial charge in [-0.25, -0.2) is 9.37 Å². The van der Waals surface area contributed by atoms with Crippen LogP contribution in [0.5, 0.6) is 0 Å². The number of benzene rings is 2. The fourth-order valence-electron chi connectivity index (χ4n) is 3.91. The molecule has 1 aliphatic heterocycles. The molecule has 0 spiro atoms. The molecule has 1 N–H and O–H groups in total. The van der Waals surface area contributed by atoms with Crippen molar-refractivity contribution in [2.75, 3.05) is 42.9 Å². The lowest BCUT2D eigenvalue weighted by molar-refractivity contribution is -0.137. The Balaban J connectivity index is 1.35. The number of pyridine rings is 1. The van der Waals surface area contributed by atoms with Gasteiger partial charge in [0.1, 0.15) is 11.0 Å². The van der Waals surface area contributed by atoms with E-state index >= 15 is 0 Å². The summed E-state index contributed by atoms with van der Waals surface area (Å²) in [5, 5.41) is 2.95. The van der Waals surface area contributed by atoms with Gasteiger partial charge >= 0.3 is 6.18 Å². The van der Waals surface area contributed by atoms with E-state index in [1.807, 2.05) is 6.08 Å². The van der Waals surface area contributed by atoms with E-state index in [9.17, 15) is 22.4 Å². The van der Waals surface area contributed by atoms with E-state index in [4.69, 9.17) is 11.6 Å². The normalized spacial score (nSPS) is 14.9. The Bertz CT molecular complexity index is 1240. The summed E-state index contributed by atoms with van der Waals surface area (Å²) in [6, 6.07) is 12.3. The van der Waals surface area contributed by atoms with Gasteiger partial charge in [-0.05, 0) is 48.0 Å². The number of carbonyl (C=O) groups excluding carboxylic acids is 1. The number of hydrogen-bond donors (Lipinski definition) is 1. The molecule has 188 valence electrons. The van der Waals surface area contributed by atoms with E-state index in [2.05, 4.69) is 20.1 Å². The quantitative estimate of drug-likeness (QED) is 0.322. The van der Waals surface area contributed by atoms with Crippen molar-refractivity contribution in [3.05, 3.63) is 94.5 Å². The van der Waals surface area contributed by atoms with Crippen LogP contribution in [-0.4, -0.2) is 48.5 Å². The number of halogens is 5. The molecule has 2 heterocycles. The lowest BCUT2D eigenvalue weighted by atomic mass is 10.1. The Morgan fingerprint density at radius 1 is 1.03 bits per heavy atom. The topological polar surface area (TPSA) is 48.5 Å². The number of nitrogens with zero attached hydrogens (tertiary/aromatic N) is 3. The molecule has 0 bridgehead atoms. The molecule has 36 heavy (non-hydrogen) atoms. The van der Waals surface area contributed by atoms with Crippen molar-refractivity contribution in [1.29, 1.82) is 0 Å². The molecule has 4 rings (SSSR count). The van der Waals surface area contributed by atoms with Gasteiger partial charge in [-0.3, -0.25) is 9.69 Å². The summed E-state index contributed by atoms with van der Waals surface area (Å²) in [5.41, 5.74) is 1.42. The second kappa shape index (κ2) is 11.1. The molecule has 1 saturated heterocycles. The molecule has 5 nitrogen and oxygen atoms in total. The Morgan fingerprint density at radius 3 is 2.42 bits per heavy atom. The predicted octanol–water partition coefficient (Wildman–Crippen LogP) is 5.98. The van der Waals surface area contributed by atoms with Gasteiger partial charge in [0.2, 0.25) is 0 Å². The highest BCUT2D eigenvalue weighted by Crippen LogP contribution is 2.30. The minimum atomic E-state index is -4.35. The van der Waals surface area contributed by atoms with Crippen LogP contribution in [0.2, 0.25) is 5.15 Å². The predicted molar refractivity (Wildman–Crippen MR) is 133 cm³/mol. The first-order valence-electron chi connectivity index (χ1n) is 11.2. The lowest BCUT2D eigenvalue weighted by Crippen LogP contribution is -2.46. The van der Waals surface area contributed by atoms with E-state index in [1.165, 1.54) is 42.6 Å². The van der Waals surface area contributed by atoms with E-state index in [1.54, 1.807) is 12.1 Å². The van der Waals surface area contributed by atoms with Gasteiger partial charge in [0.15, 0.2) is 0 Å². The third kappa shape index (κ3) is 6.61. The molecule has 10 heteroatoms. The van der Waals surface area contributed by atoms with E-state index in [0.29, 0.717) is 42.1 Å². The molecule has 0 unspecified atom stereocenters. The Kier molecular flexibility index (Phi) is 7.91. The highest BCUT2D eigenvalue weighted by Gasteiger charge is 2.29. The highest BCUT2D eigenvalue weighted by atomic mass is 35.5. The van der Waals surface area contributed by atoms with E-state index < -0.39 is 23.5 Å². The van der Waals surface area contributed by atoms with Gasteiger partial charge < -0.3 is 10.2 Å². The summed E-state index contributed by atoms with van der Waals surface area (Å²) < 4.78 is 52.1. The van der Waals surface area contributed by atoms with Crippen LogP contribution >= 0.6 is 11.6 Å². The van der Waals surface area contributed by atoms with Crippen LogP contribution in [0.15, 0.2) is 66.9 Å². The summed E-state index contributed by atoms with van der Waals surface area (Å²) in [4.78, 5) is 20.8. The zero-order valence-corrected chi connectivity index (χ0v) is 19.9. The number of hydrogen-bond acceptors (Lipinski definition) is 4. The van der Waals surface area contributed by atoms with Crippen LogP contribution in [0.3, 0.4) is 0 Å². The molecule has 1 fully saturated rings. The Labute approximate surface area is 211 Å². The number of piperazine rings is 1. The summed E-state index contributed by atoms with van der Waals surface area (Å²) in [7, 11) is 0. The van der Waals surface area contributed by atoms with Crippen molar-refractivity contribution < 1.29 is 22.4 Å². The van der Waals surface area contributed by atoms with Crippen LogP contribution in [0, 0.1) is 5.82 Å². The third-order valence-corrected chi connectivity index (χ3v) is 6.03. The van der Waals surface area contributed by atoms with Crippen molar-refractivity contribution in [1.82, 2.24) is 9.88 Å². The number of amides is 1. The number of aromatic nitrogens is 1. The zero-order chi connectivity index (χ0) is 25.7. The van der Waals surface area contributed by atoms with Crippen molar-refractivity contribution in [2.24, 2.45) is 0 Å². The molecule has 1 amide bonds. The second-order valence-corrected chi connectivity index (χ2v) is 8.68. The van der Waals surface area contributed by atoms with Crippen molar-refractivity contribution in [3.8, 4) is 0 Å². The summed E-state index contributed by atoms with van der Waals surface area (Å²) >= 11 is 5.87. The minimum Gasteiger partial charge on any atom is -0.367 e. The first-order chi connectivity index (χ1) is 17.2. The number of anilines is 2. The van der Waals surface area contributed by atoms with Crippen LogP contribution in [0.25, 0.3) is 6.08 Å². The van der Waals surface area contributed by atoms with E-state index in [0.717, 1.165) is 25.2 Å². The average Bonchev–Trinajstić information content (AvgIpc) is 2.84. The number of carbonyl (C=O) groups is 1. The molecular weight excluding hydrogens is 496 g/mol. The summed E-state index contributed by atoms with van der Waals surface area (Å²) in [6.45, 7) is 3.41. The number of rotatable bonds is 6. The summed E-state index contributed by atoms with van der Waals surface area (Å²) in [5.74, 6) is -0.882. The van der Waals surface area contributed by atoms with Crippen molar-refractivity contribution in [2.45, 2.75) is 6.18 Å².